The molecule has 0 fully saturated rings. The first kappa shape index (κ1) is 15.7. The predicted molar refractivity (Wildman–Crippen MR) is 76.6 cm³/mol. The van der Waals surface area contributed by atoms with Gasteiger partial charge in [-0.05, 0) is 23.6 Å². The van der Waals surface area contributed by atoms with Gasteiger partial charge >= 0.3 is 11.8 Å². The summed E-state index contributed by atoms with van der Waals surface area (Å²) in [5.74, 6) is -0.506. The molecule has 1 aromatic carbocycles. The minimum Gasteiger partial charge on any atom is -0.497 e. The molecule has 2 N–H and O–H groups in total. The molecule has 0 heterocycles. The zero-order valence-corrected chi connectivity index (χ0v) is 11.8. The molecule has 6 heteroatoms. The molecule has 0 aliphatic heterocycles. The van der Waals surface area contributed by atoms with Crippen LogP contribution >= 0.6 is 0 Å². The average molecular weight is 277 g/mol. The van der Waals surface area contributed by atoms with Gasteiger partial charge in [-0.25, -0.2) is 5.43 Å². The lowest BCUT2D eigenvalue weighted by Crippen LogP contribution is -2.39. The molecule has 0 aromatic heterocycles. The van der Waals surface area contributed by atoms with Crippen LogP contribution in [-0.2, 0) is 9.59 Å². The summed E-state index contributed by atoms with van der Waals surface area (Å²) in [5.41, 5.74) is 2.93. The summed E-state index contributed by atoms with van der Waals surface area (Å²) < 4.78 is 5.06. The molecule has 0 aliphatic carbocycles. The number of nitrogens with one attached hydrogen (secondary N) is 2. The average Bonchev–Trinajstić information content (AvgIpc) is 2.44. The Kier molecular flexibility index (Phi) is 6.22. The van der Waals surface area contributed by atoms with Gasteiger partial charge in [0.25, 0.3) is 0 Å². The first-order chi connectivity index (χ1) is 9.52. The summed E-state index contributed by atoms with van der Waals surface area (Å²) in [7, 11) is 1.57. The van der Waals surface area contributed by atoms with Crippen molar-refractivity contribution in [3.63, 3.8) is 0 Å². The molecule has 0 saturated heterocycles. The zero-order valence-electron chi connectivity index (χ0n) is 11.8. The predicted octanol–water partition coefficient (Wildman–Crippen LogP) is 0.917. The molecule has 1 rings (SSSR count). The van der Waals surface area contributed by atoms with Crippen LogP contribution in [0.15, 0.2) is 29.4 Å². The largest absolute Gasteiger partial charge is 0.497 e. The van der Waals surface area contributed by atoms with Gasteiger partial charge < -0.3 is 10.1 Å². The van der Waals surface area contributed by atoms with Crippen molar-refractivity contribution in [2.24, 2.45) is 11.0 Å². The van der Waals surface area contributed by atoms with E-state index < -0.39 is 11.8 Å². The monoisotopic (exact) mass is 277 g/mol. The van der Waals surface area contributed by atoms with E-state index in [4.69, 9.17) is 4.74 Å². The maximum Gasteiger partial charge on any atom is 0.329 e. The highest BCUT2D eigenvalue weighted by Crippen LogP contribution is 2.10. The summed E-state index contributed by atoms with van der Waals surface area (Å²) in [6.07, 6.45) is 1.44. The molecule has 0 unspecified atom stereocenters. The first-order valence-corrected chi connectivity index (χ1v) is 6.28. The normalized spacial score (nSPS) is 10.6. The standard InChI is InChI=1S/C14H19N3O3/c1-10(2)8-15-13(18)14(19)17-16-9-11-5-4-6-12(7-11)20-3/h4-7,9-10H,8H2,1-3H3,(H,15,18)(H,17,19)/b16-9-. The van der Waals surface area contributed by atoms with Crippen molar-refractivity contribution < 1.29 is 14.3 Å². The Bertz CT molecular complexity index is 498. The minimum absolute atomic E-state index is 0.284. The maximum atomic E-state index is 11.4. The van der Waals surface area contributed by atoms with Crippen molar-refractivity contribution in [1.82, 2.24) is 10.7 Å². The lowest BCUT2D eigenvalue weighted by Gasteiger charge is -2.05. The van der Waals surface area contributed by atoms with Crippen molar-refractivity contribution in [2.45, 2.75) is 13.8 Å². The number of carbonyl (C=O) groups excluding carboxylic acids is 2. The van der Waals surface area contributed by atoms with E-state index in [2.05, 4.69) is 15.8 Å². The molecule has 0 saturated carbocycles. The Hall–Kier alpha value is -2.37. The van der Waals surface area contributed by atoms with Gasteiger partial charge in [-0.3, -0.25) is 9.59 Å². The Morgan fingerprint density at radius 3 is 2.75 bits per heavy atom. The van der Waals surface area contributed by atoms with Crippen LogP contribution in [-0.4, -0.2) is 31.7 Å². The smallest absolute Gasteiger partial charge is 0.329 e. The van der Waals surface area contributed by atoms with Crippen molar-refractivity contribution >= 4 is 18.0 Å². The topological polar surface area (TPSA) is 79.8 Å². The summed E-state index contributed by atoms with van der Waals surface area (Å²) in [6.45, 7) is 4.34. The Morgan fingerprint density at radius 1 is 1.35 bits per heavy atom. The van der Waals surface area contributed by atoms with Gasteiger partial charge in [-0.1, -0.05) is 26.0 Å². The van der Waals surface area contributed by atoms with Crippen LogP contribution in [0.1, 0.15) is 19.4 Å². The first-order valence-electron chi connectivity index (χ1n) is 6.28. The highest BCUT2D eigenvalue weighted by molar-refractivity contribution is 6.35. The molecule has 0 spiro atoms. The maximum absolute atomic E-state index is 11.4. The van der Waals surface area contributed by atoms with E-state index in [0.29, 0.717) is 12.3 Å². The number of ether oxygens (including phenoxy) is 1. The number of hydrogen-bond donors (Lipinski definition) is 2. The Balaban J connectivity index is 2.47. The molecule has 108 valence electrons. The van der Waals surface area contributed by atoms with Gasteiger partial charge in [-0.15, -0.1) is 0 Å². The molecule has 0 radical (unpaired) electrons. The fourth-order valence-corrected chi connectivity index (χ4v) is 1.32. The third-order valence-corrected chi connectivity index (χ3v) is 2.35. The molecule has 1 aromatic rings. The van der Waals surface area contributed by atoms with E-state index >= 15 is 0 Å². The molecule has 0 aliphatic rings. The summed E-state index contributed by atoms with van der Waals surface area (Å²) in [5, 5.41) is 6.23. The van der Waals surface area contributed by atoms with Crippen LogP contribution < -0.4 is 15.5 Å². The summed E-state index contributed by atoms with van der Waals surface area (Å²) in [4.78, 5) is 22.8. The minimum atomic E-state index is -0.787. The molecule has 20 heavy (non-hydrogen) atoms. The van der Waals surface area contributed by atoms with Crippen LogP contribution in [0, 0.1) is 5.92 Å². The second-order valence-corrected chi connectivity index (χ2v) is 4.58. The molecular weight excluding hydrogens is 258 g/mol. The van der Waals surface area contributed by atoms with Crippen LogP contribution in [0.5, 0.6) is 5.75 Å². The second-order valence-electron chi connectivity index (χ2n) is 4.58. The number of amides is 2. The lowest BCUT2D eigenvalue weighted by molar-refractivity contribution is -0.139. The van der Waals surface area contributed by atoms with Crippen molar-refractivity contribution in [3.05, 3.63) is 29.8 Å². The highest BCUT2D eigenvalue weighted by atomic mass is 16.5. The van der Waals surface area contributed by atoms with Gasteiger partial charge in [0.15, 0.2) is 0 Å². The number of hydrogen-bond acceptors (Lipinski definition) is 4. The summed E-state index contributed by atoms with van der Waals surface area (Å²) in [6, 6.07) is 7.16. The number of methoxy groups -OCH3 is 1. The van der Waals surface area contributed by atoms with Crippen LogP contribution in [0.25, 0.3) is 0 Å². The fraction of sp³-hybridized carbons (Fsp3) is 0.357. The third kappa shape index (κ3) is 5.51. The SMILES string of the molecule is COc1cccc(/C=N\NC(=O)C(=O)NCC(C)C)c1. The van der Waals surface area contributed by atoms with Crippen LogP contribution in [0.4, 0.5) is 0 Å². The van der Waals surface area contributed by atoms with Gasteiger partial charge in [0.05, 0.1) is 13.3 Å². The molecule has 0 bridgehead atoms. The van der Waals surface area contributed by atoms with Crippen LogP contribution in [0.2, 0.25) is 0 Å². The third-order valence-electron chi connectivity index (χ3n) is 2.35. The van der Waals surface area contributed by atoms with Crippen molar-refractivity contribution in [2.75, 3.05) is 13.7 Å². The highest BCUT2D eigenvalue weighted by Gasteiger charge is 2.11. The van der Waals surface area contributed by atoms with Crippen molar-refractivity contribution in [3.8, 4) is 5.75 Å². The van der Waals surface area contributed by atoms with E-state index in [1.54, 1.807) is 31.4 Å². The molecule has 2 amide bonds. The van der Waals surface area contributed by atoms with E-state index in [9.17, 15) is 9.59 Å². The molecular formula is C14H19N3O3. The van der Waals surface area contributed by atoms with Crippen LogP contribution in [0.3, 0.4) is 0 Å². The van der Waals surface area contributed by atoms with Gasteiger partial charge in [0, 0.05) is 6.54 Å². The van der Waals surface area contributed by atoms with E-state index in [0.717, 1.165) is 5.56 Å². The Labute approximate surface area is 118 Å². The van der Waals surface area contributed by atoms with E-state index in [1.807, 2.05) is 13.8 Å². The fourth-order valence-electron chi connectivity index (χ4n) is 1.32. The van der Waals surface area contributed by atoms with Crippen molar-refractivity contribution in [1.29, 1.82) is 0 Å². The number of rotatable bonds is 5. The molecule has 6 nitrogen and oxygen atoms in total. The quantitative estimate of drug-likeness (QED) is 0.477. The van der Waals surface area contributed by atoms with Gasteiger partial charge in [0.1, 0.15) is 5.75 Å². The van der Waals surface area contributed by atoms with E-state index in [-0.39, 0.29) is 5.92 Å². The number of hydrazone groups is 1. The van der Waals surface area contributed by atoms with E-state index in [1.165, 1.54) is 6.21 Å². The summed E-state index contributed by atoms with van der Waals surface area (Å²) >= 11 is 0. The van der Waals surface area contributed by atoms with Gasteiger partial charge in [0.2, 0.25) is 0 Å². The number of benzene rings is 1. The Morgan fingerprint density at radius 2 is 2.10 bits per heavy atom. The zero-order chi connectivity index (χ0) is 15.0. The second kappa shape index (κ2) is 7.93. The lowest BCUT2D eigenvalue weighted by atomic mass is 10.2. The molecule has 0 atom stereocenters. The number of carbonyl (C=O) groups is 2. The number of nitrogens with zero attached hydrogens (tertiary/aromatic N) is 1. The van der Waals surface area contributed by atoms with Gasteiger partial charge in [-0.2, -0.15) is 5.10 Å².